The molecule has 0 aliphatic carbocycles. The van der Waals surface area contributed by atoms with E-state index < -0.39 is 0 Å². The second kappa shape index (κ2) is 6.73. The Morgan fingerprint density at radius 3 is 3.11 bits per heavy atom. The number of rotatable bonds is 6. The van der Waals surface area contributed by atoms with Gasteiger partial charge in [0.15, 0.2) is 0 Å². The average Bonchev–Trinajstić information content (AvgIpc) is 2.84. The van der Waals surface area contributed by atoms with E-state index in [-0.39, 0.29) is 0 Å². The monoisotopic (exact) mass is 251 g/mol. The summed E-state index contributed by atoms with van der Waals surface area (Å²) in [4.78, 5) is 2.61. The van der Waals surface area contributed by atoms with Crippen molar-refractivity contribution in [3.8, 4) is 0 Å². The predicted molar refractivity (Wildman–Crippen MR) is 73.7 cm³/mol. The van der Waals surface area contributed by atoms with Crippen molar-refractivity contribution >= 4 is 5.82 Å². The van der Waals surface area contributed by atoms with Crippen LogP contribution in [0.1, 0.15) is 39.5 Å². The molecule has 0 aromatic carbocycles. The van der Waals surface area contributed by atoms with Crippen molar-refractivity contribution in [3.05, 3.63) is 6.20 Å². The zero-order chi connectivity index (χ0) is 12.8. The van der Waals surface area contributed by atoms with E-state index in [1.165, 1.54) is 38.8 Å². The number of hydrogen-bond donors (Lipinski definition) is 1. The van der Waals surface area contributed by atoms with Crippen molar-refractivity contribution in [2.45, 2.75) is 52.1 Å². The Kier molecular flexibility index (Phi) is 4.99. The van der Waals surface area contributed by atoms with Gasteiger partial charge in [-0.15, -0.1) is 5.10 Å². The van der Waals surface area contributed by atoms with Crippen LogP contribution in [0.15, 0.2) is 6.20 Å². The van der Waals surface area contributed by atoms with Crippen molar-refractivity contribution in [1.82, 2.24) is 19.9 Å². The minimum atomic E-state index is 0.765. The third-order valence-corrected chi connectivity index (χ3v) is 3.79. The van der Waals surface area contributed by atoms with Crippen LogP contribution in [-0.4, -0.2) is 45.6 Å². The molecule has 2 heterocycles. The number of hydrogen-bond acceptors (Lipinski definition) is 4. The summed E-state index contributed by atoms with van der Waals surface area (Å²) in [5.74, 6) is 1.03. The fraction of sp³-hybridized carbons (Fsp3) is 0.846. The maximum Gasteiger partial charge on any atom is 0.144 e. The Bertz CT molecular complexity index is 349. The van der Waals surface area contributed by atoms with Gasteiger partial charge in [-0.1, -0.05) is 11.6 Å². The zero-order valence-electron chi connectivity index (χ0n) is 11.6. The molecule has 5 heteroatoms. The molecule has 1 unspecified atom stereocenters. The van der Waals surface area contributed by atoms with Crippen molar-refractivity contribution in [3.63, 3.8) is 0 Å². The summed E-state index contributed by atoms with van der Waals surface area (Å²) in [6, 6.07) is 0.765. The summed E-state index contributed by atoms with van der Waals surface area (Å²) in [5, 5.41) is 11.3. The van der Waals surface area contributed by atoms with E-state index in [9.17, 15) is 0 Å². The third-order valence-electron chi connectivity index (χ3n) is 3.79. The standard InChI is InChI=1S/C13H25N5/c1-3-18-13(11-15-16-18)14-8-6-10-17-9-5-4-7-12(17)2/h11-12,14H,3-10H2,1-2H3. The molecule has 1 aromatic heterocycles. The molecule has 1 aliphatic heterocycles. The van der Waals surface area contributed by atoms with Gasteiger partial charge in [-0.05, 0) is 39.7 Å². The van der Waals surface area contributed by atoms with E-state index in [0.717, 1.165) is 24.9 Å². The fourth-order valence-electron chi connectivity index (χ4n) is 2.62. The molecule has 1 fully saturated rings. The molecule has 0 radical (unpaired) electrons. The molecule has 1 aliphatic rings. The molecule has 18 heavy (non-hydrogen) atoms. The highest BCUT2D eigenvalue weighted by Gasteiger charge is 2.17. The third kappa shape index (κ3) is 3.45. The molecule has 1 saturated heterocycles. The first-order valence-electron chi connectivity index (χ1n) is 7.17. The smallest absolute Gasteiger partial charge is 0.144 e. The molecule has 0 amide bonds. The first-order valence-corrected chi connectivity index (χ1v) is 7.17. The molecule has 0 spiro atoms. The van der Waals surface area contributed by atoms with Gasteiger partial charge >= 0.3 is 0 Å². The lowest BCUT2D eigenvalue weighted by Crippen LogP contribution is -2.38. The predicted octanol–water partition coefficient (Wildman–Crippen LogP) is 1.97. The molecule has 2 rings (SSSR count). The SMILES string of the molecule is CCn1nncc1NCCCN1CCCCC1C. The molecule has 1 aromatic rings. The van der Waals surface area contributed by atoms with Crippen molar-refractivity contribution < 1.29 is 0 Å². The molecule has 102 valence electrons. The molecule has 5 nitrogen and oxygen atoms in total. The first-order chi connectivity index (χ1) is 8.81. The lowest BCUT2D eigenvalue weighted by atomic mass is 10.0. The minimum absolute atomic E-state index is 0.765. The summed E-state index contributed by atoms with van der Waals surface area (Å²) in [5.41, 5.74) is 0. The van der Waals surface area contributed by atoms with Crippen molar-refractivity contribution in [1.29, 1.82) is 0 Å². The average molecular weight is 251 g/mol. The zero-order valence-corrected chi connectivity index (χ0v) is 11.6. The number of likely N-dealkylation sites (tertiary alicyclic amines) is 1. The minimum Gasteiger partial charge on any atom is -0.369 e. The quantitative estimate of drug-likeness (QED) is 0.785. The van der Waals surface area contributed by atoms with Crippen LogP contribution in [0.25, 0.3) is 0 Å². The fourth-order valence-corrected chi connectivity index (χ4v) is 2.62. The second-order valence-electron chi connectivity index (χ2n) is 5.10. The molecule has 1 N–H and O–H groups in total. The van der Waals surface area contributed by atoms with Gasteiger partial charge in [0.25, 0.3) is 0 Å². The summed E-state index contributed by atoms with van der Waals surface area (Å²) in [7, 11) is 0. The van der Waals surface area contributed by atoms with Gasteiger partial charge in [0.1, 0.15) is 5.82 Å². The van der Waals surface area contributed by atoms with Crippen LogP contribution in [0.2, 0.25) is 0 Å². The van der Waals surface area contributed by atoms with Crippen molar-refractivity contribution in [2.24, 2.45) is 0 Å². The molecule has 0 bridgehead atoms. The van der Waals surface area contributed by atoms with Gasteiger partial charge in [-0.25, -0.2) is 4.68 Å². The van der Waals surface area contributed by atoms with Gasteiger partial charge in [0.2, 0.25) is 0 Å². The molecule has 0 saturated carbocycles. The Balaban J connectivity index is 1.66. The maximum absolute atomic E-state index is 4.01. The van der Waals surface area contributed by atoms with Crippen LogP contribution in [0.5, 0.6) is 0 Å². The van der Waals surface area contributed by atoms with Gasteiger partial charge in [0.05, 0.1) is 6.20 Å². The highest BCUT2D eigenvalue weighted by atomic mass is 15.4. The molecular formula is C13H25N5. The number of aryl methyl sites for hydroxylation is 1. The van der Waals surface area contributed by atoms with Crippen molar-refractivity contribution in [2.75, 3.05) is 25.0 Å². The van der Waals surface area contributed by atoms with Crippen LogP contribution < -0.4 is 5.32 Å². The maximum atomic E-state index is 4.01. The largest absolute Gasteiger partial charge is 0.369 e. The normalized spacial score (nSPS) is 21.1. The number of piperidine rings is 1. The number of nitrogens with zero attached hydrogens (tertiary/aromatic N) is 4. The number of anilines is 1. The van der Waals surface area contributed by atoms with Gasteiger partial charge in [0, 0.05) is 25.7 Å². The van der Waals surface area contributed by atoms with E-state index in [2.05, 4.69) is 34.4 Å². The van der Waals surface area contributed by atoms with E-state index in [0.29, 0.717) is 0 Å². The van der Waals surface area contributed by atoms with Gasteiger partial charge in [-0.2, -0.15) is 0 Å². The molecule has 1 atom stereocenters. The lowest BCUT2D eigenvalue weighted by molar-refractivity contribution is 0.160. The Labute approximate surface area is 110 Å². The van der Waals surface area contributed by atoms with Crippen LogP contribution in [-0.2, 0) is 6.54 Å². The van der Waals surface area contributed by atoms with Gasteiger partial charge in [-0.3, -0.25) is 0 Å². The molecular weight excluding hydrogens is 226 g/mol. The number of nitrogens with one attached hydrogen (secondary N) is 1. The summed E-state index contributed by atoms with van der Waals surface area (Å²) < 4.78 is 1.89. The Morgan fingerprint density at radius 2 is 2.33 bits per heavy atom. The van der Waals surface area contributed by atoms with E-state index in [1.54, 1.807) is 6.20 Å². The second-order valence-corrected chi connectivity index (χ2v) is 5.10. The Hall–Kier alpha value is -1.10. The topological polar surface area (TPSA) is 46.0 Å². The van der Waals surface area contributed by atoms with Gasteiger partial charge < -0.3 is 10.2 Å². The van der Waals surface area contributed by atoms with E-state index in [4.69, 9.17) is 0 Å². The van der Waals surface area contributed by atoms with Crippen LogP contribution >= 0.6 is 0 Å². The summed E-state index contributed by atoms with van der Waals surface area (Å²) in [6.07, 6.45) is 7.10. The van der Waals surface area contributed by atoms with E-state index in [1.807, 2.05) is 4.68 Å². The summed E-state index contributed by atoms with van der Waals surface area (Å²) in [6.45, 7) is 8.76. The number of aromatic nitrogens is 3. The first kappa shape index (κ1) is 13.3. The van der Waals surface area contributed by atoms with Crippen LogP contribution in [0.3, 0.4) is 0 Å². The highest BCUT2D eigenvalue weighted by Crippen LogP contribution is 2.16. The Morgan fingerprint density at radius 1 is 1.44 bits per heavy atom. The van der Waals surface area contributed by atoms with E-state index >= 15 is 0 Å². The van der Waals surface area contributed by atoms with Crippen LogP contribution in [0.4, 0.5) is 5.82 Å². The highest BCUT2D eigenvalue weighted by molar-refractivity contribution is 5.30. The summed E-state index contributed by atoms with van der Waals surface area (Å²) >= 11 is 0. The lowest BCUT2D eigenvalue weighted by Gasteiger charge is -2.33. The van der Waals surface area contributed by atoms with Crippen LogP contribution in [0, 0.1) is 0 Å².